The normalized spacial score (nSPS) is 16.0. The minimum absolute atomic E-state index is 0.0179. The Bertz CT molecular complexity index is 813. The van der Waals surface area contributed by atoms with Gasteiger partial charge in [-0.25, -0.2) is 9.48 Å². The lowest BCUT2D eigenvalue weighted by atomic mass is 10.0. The van der Waals surface area contributed by atoms with Crippen molar-refractivity contribution in [2.75, 3.05) is 11.9 Å². The standard InChI is InChI=1S/C17H20N4O4/c1-4-24-15-7-11(5-6-14(15)25-10(2)3)13-8-12(16(22)23)20-17-18-9-19-21(13)17/h5-10,13H,4H2,1-3H3,(H,22,23)(H,18,19,20)/t13-/m1/s1. The van der Waals surface area contributed by atoms with Gasteiger partial charge in [-0.15, -0.1) is 0 Å². The van der Waals surface area contributed by atoms with Gasteiger partial charge in [-0.3, -0.25) is 0 Å². The van der Waals surface area contributed by atoms with Crippen LogP contribution in [-0.4, -0.2) is 38.6 Å². The van der Waals surface area contributed by atoms with E-state index in [1.807, 2.05) is 39.0 Å². The van der Waals surface area contributed by atoms with Crippen LogP contribution in [0.2, 0.25) is 0 Å². The Hall–Kier alpha value is -3.03. The summed E-state index contributed by atoms with van der Waals surface area (Å²) in [5.74, 6) is 0.587. The summed E-state index contributed by atoms with van der Waals surface area (Å²) in [5, 5.41) is 16.3. The molecule has 2 N–H and O–H groups in total. The molecule has 1 aromatic heterocycles. The largest absolute Gasteiger partial charge is 0.490 e. The first kappa shape index (κ1) is 16.8. The van der Waals surface area contributed by atoms with E-state index in [0.717, 1.165) is 5.56 Å². The molecule has 0 radical (unpaired) electrons. The molecular formula is C17H20N4O4. The third-order valence-corrected chi connectivity index (χ3v) is 3.61. The summed E-state index contributed by atoms with van der Waals surface area (Å²) in [6.07, 6.45) is 3.00. The zero-order valence-electron chi connectivity index (χ0n) is 14.3. The van der Waals surface area contributed by atoms with Gasteiger partial charge in [0.1, 0.15) is 18.1 Å². The second-order valence-electron chi connectivity index (χ2n) is 5.79. The molecule has 2 heterocycles. The highest BCUT2D eigenvalue weighted by atomic mass is 16.5. The van der Waals surface area contributed by atoms with Gasteiger partial charge in [0.15, 0.2) is 11.5 Å². The van der Waals surface area contributed by atoms with Gasteiger partial charge in [-0.2, -0.15) is 10.1 Å². The van der Waals surface area contributed by atoms with Gasteiger partial charge < -0.3 is 19.9 Å². The number of benzene rings is 1. The van der Waals surface area contributed by atoms with Crippen LogP contribution in [0, 0.1) is 0 Å². The van der Waals surface area contributed by atoms with Crippen LogP contribution in [0.15, 0.2) is 36.3 Å². The molecule has 2 aromatic rings. The van der Waals surface area contributed by atoms with Gasteiger partial charge in [0.2, 0.25) is 5.95 Å². The summed E-state index contributed by atoms with van der Waals surface area (Å²) >= 11 is 0. The Morgan fingerprint density at radius 1 is 1.40 bits per heavy atom. The topological polar surface area (TPSA) is 98.5 Å². The molecule has 1 aromatic carbocycles. The van der Waals surface area contributed by atoms with E-state index in [1.54, 1.807) is 10.8 Å². The molecule has 8 nitrogen and oxygen atoms in total. The van der Waals surface area contributed by atoms with Gasteiger partial charge in [-0.1, -0.05) is 6.07 Å². The number of carbonyl (C=O) groups is 1. The van der Waals surface area contributed by atoms with Crippen molar-refractivity contribution in [3.05, 3.63) is 41.9 Å². The van der Waals surface area contributed by atoms with Crippen molar-refractivity contribution < 1.29 is 19.4 Å². The van der Waals surface area contributed by atoms with E-state index in [9.17, 15) is 9.90 Å². The van der Waals surface area contributed by atoms with Gasteiger partial charge in [-0.05, 0) is 44.5 Å². The number of nitrogens with one attached hydrogen (secondary N) is 1. The summed E-state index contributed by atoms with van der Waals surface area (Å²) in [6, 6.07) is 5.14. The molecule has 1 aliphatic heterocycles. The Morgan fingerprint density at radius 3 is 2.88 bits per heavy atom. The van der Waals surface area contributed by atoms with Gasteiger partial charge >= 0.3 is 5.97 Å². The number of hydrogen-bond acceptors (Lipinski definition) is 6. The van der Waals surface area contributed by atoms with Crippen molar-refractivity contribution in [2.24, 2.45) is 0 Å². The van der Waals surface area contributed by atoms with Crippen LogP contribution in [0.4, 0.5) is 5.95 Å². The number of rotatable bonds is 6. The number of nitrogens with zero attached hydrogens (tertiary/aromatic N) is 3. The highest BCUT2D eigenvalue weighted by molar-refractivity contribution is 5.90. The molecule has 132 valence electrons. The highest BCUT2D eigenvalue weighted by Gasteiger charge is 2.26. The fraction of sp³-hybridized carbons (Fsp3) is 0.353. The molecule has 1 atom stereocenters. The second kappa shape index (κ2) is 6.84. The summed E-state index contributed by atoms with van der Waals surface area (Å²) in [5.41, 5.74) is 0.887. The average Bonchev–Trinajstić information content (AvgIpc) is 3.04. The van der Waals surface area contributed by atoms with Crippen LogP contribution in [-0.2, 0) is 4.79 Å². The molecule has 8 heteroatoms. The number of carboxylic acids is 1. The zero-order valence-corrected chi connectivity index (χ0v) is 14.3. The van der Waals surface area contributed by atoms with Crippen LogP contribution < -0.4 is 14.8 Å². The van der Waals surface area contributed by atoms with Crippen molar-refractivity contribution in [3.63, 3.8) is 0 Å². The molecule has 0 aliphatic carbocycles. The van der Waals surface area contributed by atoms with E-state index in [1.165, 1.54) is 6.33 Å². The predicted molar refractivity (Wildman–Crippen MR) is 90.9 cm³/mol. The number of allylic oxidation sites excluding steroid dienone is 1. The minimum Gasteiger partial charge on any atom is -0.490 e. The Kier molecular flexibility index (Phi) is 4.60. The molecule has 0 saturated carbocycles. The Labute approximate surface area is 145 Å². The molecular weight excluding hydrogens is 324 g/mol. The summed E-state index contributed by atoms with van der Waals surface area (Å²) in [4.78, 5) is 15.4. The number of aromatic nitrogens is 3. The van der Waals surface area contributed by atoms with E-state index >= 15 is 0 Å². The number of carboxylic acid groups (broad SMARTS) is 1. The summed E-state index contributed by atoms with van der Waals surface area (Å²) in [7, 11) is 0. The molecule has 1 aliphatic rings. The molecule has 3 rings (SSSR count). The average molecular weight is 344 g/mol. The maximum Gasteiger partial charge on any atom is 0.352 e. The van der Waals surface area contributed by atoms with Crippen molar-refractivity contribution >= 4 is 11.9 Å². The number of anilines is 1. The van der Waals surface area contributed by atoms with E-state index in [2.05, 4.69) is 15.4 Å². The molecule has 0 fully saturated rings. The third-order valence-electron chi connectivity index (χ3n) is 3.61. The quantitative estimate of drug-likeness (QED) is 0.830. The lowest BCUT2D eigenvalue weighted by Crippen LogP contribution is -2.24. The van der Waals surface area contributed by atoms with E-state index in [4.69, 9.17) is 9.47 Å². The Balaban J connectivity index is 2.03. The SMILES string of the molecule is CCOc1cc([C@H]2C=C(C(=O)O)Nc3ncnn32)ccc1OC(C)C. The Morgan fingerprint density at radius 2 is 2.20 bits per heavy atom. The van der Waals surface area contributed by atoms with Gasteiger partial charge in [0, 0.05) is 0 Å². The molecule has 25 heavy (non-hydrogen) atoms. The third kappa shape index (κ3) is 3.42. The number of aliphatic carboxylic acids is 1. The van der Waals surface area contributed by atoms with Gasteiger partial charge in [0.25, 0.3) is 0 Å². The molecule has 0 bridgehead atoms. The summed E-state index contributed by atoms with van der Waals surface area (Å²) < 4.78 is 13.1. The maximum atomic E-state index is 11.4. The van der Waals surface area contributed by atoms with Crippen molar-refractivity contribution in [3.8, 4) is 11.5 Å². The summed E-state index contributed by atoms with van der Waals surface area (Å²) in [6.45, 7) is 6.28. The highest BCUT2D eigenvalue weighted by Crippen LogP contribution is 2.35. The van der Waals surface area contributed by atoms with E-state index in [-0.39, 0.29) is 11.8 Å². The van der Waals surface area contributed by atoms with Crippen molar-refractivity contribution in [1.29, 1.82) is 0 Å². The number of hydrogen-bond donors (Lipinski definition) is 2. The molecule has 0 amide bonds. The molecule has 0 spiro atoms. The van der Waals surface area contributed by atoms with Gasteiger partial charge in [0.05, 0.1) is 12.7 Å². The van der Waals surface area contributed by atoms with Crippen LogP contribution in [0.1, 0.15) is 32.4 Å². The number of ether oxygens (including phenoxy) is 2. The lowest BCUT2D eigenvalue weighted by Gasteiger charge is -2.23. The van der Waals surface area contributed by atoms with Crippen LogP contribution in [0.5, 0.6) is 11.5 Å². The van der Waals surface area contributed by atoms with Crippen LogP contribution in [0.3, 0.4) is 0 Å². The predicted octanol–water partition coefficient (Wildman–Crippen LogP) is 2.45. The van der Waals surface area contributed by atoms with Crippen LogP contribution in [0.25, 0.3) is 0 Å². The fourth-order valence-corrected chi connectivity index (χ4v) is 2.62. The first-order valence-corrected chi connectivity index (χ1v) is 8.04. The lowest BCUT2D eigenvalue weighted by molar-refractivity contribution is -0.132. The zero-order chi connectivity index (χ0) is 18.0. The smallest absolute Gasteiger partial charge is 0.352 e. The van der Waals surface area contributed by atoms with Crippen molar-refractivity contribution in [2.45, 2.75) is 32.9 Å². The monoisotopic (exact) mass is 344 g/mol. The van der Waals surface area contributed by atoms with Crippen molar-refractivity contribution in [1.82, 2.24) is 14.8 Å². The van der Waals surface area contributed by atoms with Crippen LogP contribution >= 0.6 is 0 Å². The molecule has 0 unspecified atom stereocenters. The first-order chi connectivity index (χ1) is 12.0. The first-order valence-electron chi connectivity index (χ1n) is 8.04. The minimum atomic E-state index is -1.05. The second-order valence-corrected chi connectivity index (χ2v) is 5.79. The maximum absolute atomic E-state index is 11.4. The van der Waals surface area contributed by atoms with E-state index < -0.39 is 12.0 Å². The fourth-order valence-electron chi connectivity index (χ4n) is 2.62. The van der Waals surface area contributed by atoms with E-state index in [0.29, 0.717) is 24.1 Å². The number of fused-ring (bicyclic) bond motifs is 1. The molecule has 0 saturated heterocycles.